The number of carbonyl (C=O) groups is 3. The van der Waals surface area contributed by atoms with Crippen LogP contribution in [-0.2, 0) is 9.68 Å². The van der Waals surface area contributed by atoms with Gasteiger partial charge in [-0.2, -0.15) is 5.26 Å². The van der Waals surface area contributed by atoms with E-state index in [0.717, 1.165) is 0 Å². The molecule has 6 heteroatoms. The predicted octanol–water partition coefficient (Wildman–Crippen LogP) is 0.0253. The zero-order chi connectivity index (χ0) is 12.1. The van der Waals surface area contributed by atoms with E-state index in [1.54, 1.807) is 6.07 Å². The number of hydrogen-bond donors (Lipinski definition) is 2. The number of benzene rings is 1. The molecule has 1 aromatic carbocycles. The lowest BCUT2D eigenvalue weighted by atomic mass is 10.00. The van der Waals surface area contributed by atoms with Gasteiger partial charge in [0.15, 0.2) is 18.1 Å². The second kappa shape index (κ2) is 5.15. The van der Waals surface area contributed by atoms with Crippen LogP contribution in [0.25, 0.3) is 0 Å². The maximum Gasteiger partial charge on any atom is 0.366 e. The summed E-state index contributed by atoms with van der Waals surface area (Å²) < 4.78 is 0. The highest BCUT2D eigenvalue weighted by molar-refractivity contribution is 6.14. The average Bonchev–Trinajstić information content (AvgIpc) is 2.35. The van der Waals surface area contributed by atoms with Crippen molar-refractivity contribution < 1.29 is 24.5 Å². The van der Waals surface area contributed by atoms with Crippen LogP contribution in [0.4, 0.5) is 0 Å². The van der Waals surface area contributed by atoms with E-state index in [-0.39, 0.29) is 11.1 Å². The molecule has 0 fully saturated rings. The van der Waals surface area contributed by atoms with Crippen LogP contribution < -0.4 is 5.73 Å². The first kappa shape index (κ1) is 12.0. The van der Waals surface area contributed by atoms with Crippen molar-refractivity contribution in [3.05, 3.63) is 35.4 Å². The molecule has 0 aromatic heterocycles. The molecule has 1 unspecified atom stereocenters. The third-order valence-electron chi connectivity index (χ3n) is 1.98. The van der Waals surface area contributed by atoms with Crippen LogP contribution >= 0.6 is 0 Å². The molecule has 0 bridgehead atoms. The summed E-state index contributed by atoms with van der Waals surface area (Å²) >= 11 is 0. The van der Waals surface area contributed by atoms with Gasteiger partial charge in [-0.25, -0.2) is 4.79 Å². The summed E-state index contributed by atoms with van der Waals surface area (Å²) in [5.74, 6) is -2.06. The van der Waals surface area contributed by atoms with Crippen LogP contribution in [0.1, 0.15) is 20.7 Å². The Kier molecular flexibility index (Phi) is 3.87. The highest BCUT2D eigenvalue weighted by atomic mass is 17.1. The second-order valence-corrected chi connectivity index (χ2v) is 2.96. The average molecular weight is 223 g/mol. The highest BCUT2D eigenvalue weighted by Gasteiger charge is 2.26. The number of ketones is 1. The van der Waals surface area contributed by atoms with E-state index >= 15 is 0 Å². The van der Waals surface area contributed by atoms with Crippen molar-refractivity contribution >= 4 is 18.0 Å². The van der Waals surface area contributed by atoms with Crippen LogP contribution in [0.5, 0.6) is 0 Å². The summed E-state index contributed by atoms with van der Waals surface area (Å²) in [5.41, 5.74) is 5.36. The van der Waals surface area contributed by atoms with Gasteiger partial charge in [0.05, 0.1) is 0 Å². The van der Waals surface area contributed by atoms with Crippen molar-refractivity contribution in [1.29, 1.82) is 0 Å². The summed E-state index contributed by atoms with van der Waals surface area (Å²) in [6.07, 6.45) is 0.476. The van der Waals surface area contributed by atoms with Gasteiger partial charge in [-0.05, 0) is 0 Å². The summed E-state index contributed by atoms with van der Waals surface area (Å²) in [6, 6.07) is 4.22. The smallest absolute Gasteiger partial charge is 0.312 e. The summed E-state index contributed by atoms with van der Waals surface area (Å²) in [5, 5.41) is 8.08. The molecule has 0 aliphatic heterocycles. The molecule has 3 N–H and O–H groups in total. The Morgan fingerprint density at radius 2 is 2.00 bits per heavy atom. The molecule has 0 aliphatic rings. The molecule has 0 amide bonds. The van der Waals surface area contributed by atoms with Crippen LogP contribution in [0.2, 0.25) is 0 Å². The standard InChI is InChI=1S/C10H9NO5/c11-8(10(14)16-15)9(13)7-4-2-1-3-6(7)5-12/h1-5,8,15H,11H2. The largest absolute Gasteiger partial charge is 0.366 e. The molecular weight excluding hydrogens is 214 g/mol. The molecule has 0 radical (unpaired) electrons. The minimum Gasteiger partial charge on any atom is -0.312 e. The molecule has 0 spiro atoms. The fraction of sp³-hybridized carbons (Fsp3) is 0.100. The minimum atomic E-state index is -1.65. The van der Waals surface area contributed by atoms with Gasteiger partial charge in [-0.1, -0.05) is 24.3 Å². The van der Waals surface area contributed by atoms with Crippen molar-refractivity contribution in [2.45, 2.75) is 6.04 Å². The Bertz CT molecular complexity index is 429. The molecule has 6 nitrogen and oxygen atoms in total. The number of aldehydes is 1. The maximum atomic E-state index is 11.6. The first-order valence-electron chi connectivity index (χ1n) is 4.31. The predicted molar refractivity (Wildman–Crippen MR) is 52.9 cm³/mol. The van der Waals surface area contributed by atoms with E-state index in [9.17, 15) is 14.4 Å². The molecule has 0 aliphatic carbocycles. The van der Waals surface area contributed by atoms with Crippen LogP contribution in [0, 0.1) is 0 Å². The molecule has 0 saturated carbocycles. The van der Waals surface area contributed by atoms with Gasteiger partial charge in [0.25, 0.3) is 0 Å². The molecule has 16 heavy (non-hydrogen) atoms. The van der Waals surface area contributed by atoms with E-state index in [1.165, 1.54) is 18.2 Å². The number of hydrogen-bond acceptors (Lipinski definition) is 6. The third-order valence-corrected chi connectivity index (χ3v) is 1.98. The van der Waals surface area contributed by atoms with Gasteiger partial charge < -0.3 is 5.73 Å². The Morgan fingerprint density at radius 1 is 1.38 bits per heavy atom. The van der Waals surface area contributed by atoms with E-state index in [2.05, 4.69) is 4.89 Å². The summed E-state index contributed by atoms with van der Waals surface area (Å²) in [7, 11) is 0. The van der Waals surface area contributed by atoms with Gasteiger partial charge in [-0.3, -0.25) is 14.5 Å². The zero-order valence-electron chi connectivity index (χ0n) is 8.12. The van der Waals surface area contributed by atoms with Gasteiger partial charge in [0.2, 0.25) is 0 Å². The van der Waals surface area contributed by atoms with Gasteiger partial charge in [0, 0.05) is 11.1 Å². The van der Waals surface area contributed by atoms with E-state index in [1.807, 2.05) is 0 Å². The molecule has 0 heterocycles. The van der Waals surface area contributed by atoms with Crippen LogP contribution in [-0.4, -0.2) is 29.3 Å². The molecule has 0 saturated heterocycles. The molecule has 1 aromatic rings. The van der Waals surface area contributed by atoms with Crippen molar-refractivity contribution in [3.8, 4) is 0 Å². The number of nitrogens with two attached hydrogens (primary N) is 1. The normalized spacial score (nSPS) is 11.6. The SMILES string of the molecule is NC(C(=O)OO)C(=O)c1ccccc1C=O. The van der Waals surface area contributed by atoms with Crippen LogP contribution in [0.15, 0.2) is 24.3 Å². The van der Waals surface area contributed by atoms with E-state index in [4.69, 9.17) is 11.0 Å². The van der Waals surface area contributed by atoms with Gasteiger partial charge >= 0.3 is 5.97 Å². The monoisotopic (exact) mass is 223 g/mol. The first-order chi connectivity index (χ1) is 7.61. The maximum absolute atomic E-state index is 11.6. The zero-order valence-corrected chi connectivity index (χ0v) is 8.12. The fourth-order valence-corrected chi connectivity index (χ4v) is 1.16. The van der Waals surface area contributed by atoms with Gasteiger partial charge in [-0.15, -0.1) is 0 Å². The lowest BCUT2D eigenvalue weighted by Gasteiger charge is -2.08. The third kappa shape index (κ3) is 2.30. The Morgan fingerprint density at radius 3 is 2.56 bits per heavy atom. The van der Waals surface area contributed by atoms with Crippen LogP contribution in [0.3, 0.4) is 0 Å². The minimum absolute atomic E-state index is 0.00963. The molecular formula is C10H9NO5. The topological polar surface area (TPSA) is 107 Å². The summed E-state index contributed by atoms with van der Waals surface area (Å²) in [4.78, 5) is 36.4. The summed E-state index contributed by atoms with van der Waals surface area (Å²) in [6.45, 7) is 0. The Balaban J connectivity index is 3.05. The van der Waals surface area contributed by atoms with Crippen molar-refractivity contribution in [1.82, 2.24) is 0 Å². The van der Waals surface area contributed by atoms with Crippen molar-refractivity contribution in [3.63, 3.8) is 0 Å². The van der Waals surface area contributed by atoms with Gasteiger partial charge in [0.1, 0.15) is 0 Å². The fourth-order valence-electron chi connectivity index (χ4n) is 1.16. The number of Topliss-reactive ketones (excluding diaryl/α,β-unsaturated/α-hetero) is 1. The molecule has 1 atom stereocenters. The van der Waals surface area contributed by atoms with Crippen molar-refractivity contribution in [2.24, 2.45) is 5.73 Å². The number of carbonyl (C=O) groups excluding carboxylic acids is 3. The quantitative estimate of drug-likeness (QED) is 0.245. The lowest BCUT2D eigenvalue weighted by molar-refractivity contribution is -0.234. The molecule has 84 valence electrons. The lowest BCUT2D eigenvalue weighted by Crippen LogP contribution is -2.40. The van der Waals surface area contributed by atoms with E-state index < -0.39 is 17.8 Å². The highest BCUT2D eigenvalue weighted by Crippen LogP contribution is 2.09. The number of rotatable bonds is 4. The second-order valence-electron chi connectivity index (χ2n) is 2.96. The Labute approximate surface area is 90.6 Å². The first-order valence-corrected chi connectivity index (χ1v) is 4.31. The van der Waals surface area contributed by atoms with E-state index in [0.29, 0.717) is 6.29 Å². The Hall–Kier alpha value is -2.05. The molecule has 1 rings (SSSR count). The van der Waals surface area contributed by atoms with Crippen molar-refractivity contribution in [2.75, 3.05) is 0 Å².